The third-order valence-corrected chi connectivity index (χ3v) is 3.25. The highest BCUT2D eigenvalue weighted by Gasteiger charge is 2.31. The molecule has 3 heteroatoms. The van der Waals surface area contributed by atoms with Gasteiger partial charge in [-0.1, -0.05) is 30.3 Å². The van der Waals surface area contributed by atoms with Crippen molar-refractivity contribution >= 4 is 11.6 Å². The Balaban J connectivity index is 2.50. The van der Waals surface area contributed by atoms with Crippen molar-refractivity contribution in [3.05, 3.63) is 65.5 Å². The Hall–Kier alpha value is -1.38. The van der Waals surface area contributed by atoms with Crippen LogP contribution < -0.4 is 0 Å². The molecule has 1 aromatic carbocycles. The van der Waals surface area contributed by atoms with Crippen LogP contribution in [0.25, 0.3) is 0 Å². The van der Waals surface area contributed by atoms with Gasteiger partial charge in [0.05, 0.1) is 0 Å². The van der Waals surface area contributed by atoms with E-state index in [-0.39, 0.29) is 0 Å². The molecule has 0 saturated carbocycles. The molecule has 0 aliphatic carbocycles. The van der Waals surface area contributed by atoms with Gasteiger partial charge in [-0.2, -0.15) is 0 Å². The zero-order valence-corrected chi connectivity index (χ0v) is 11.1. The highest BCUT2D eigenvalue weighted by Crippen LogP contribution is 2.33. The van der Waals surface area contributed by atoms with Gasteiger partial charge in [0.25, 0.3) is 0 Å². The number of hydrogen-bond acceptors (Lipinski definition) is 2. The van der Waals surface area contributed by atoms with Gasteiger partial charge >= 0.3 is 0 Å². The van der Waals surface area contributed by atoms with E-state index < -0.39 is 5.60 Å². The third-order valence-electron chi connectivity index (χ3n) is 3.06. The first kappa shape index (κ1) is 13.1. The summed E-state index contributed by atoms with van der Waals surface area (Å²) in [5, 5.41) is 11.0. The summed E-state index contributed by atoms with van der Waals surface area (Å²) in [5.41, 5.74) is 1.59. The van der Waals surface area contributed by atoms with Gasteiger partial charge in [-0.15, -0.1) is 11.6 Å². The van der Waals surface area contributed by atoms with Gasteiger partial charge < -0.3 is 5.11 Å². The van der Waals surface area contributed by atoms with Crippen LogP contribution in [0, 0.1) is 6.92 Å². The van der Waals surface area contributed by atoms with Crippen LogP contribution in [0.2, 0.25) is 0 Å². The van der Waals surface area contributed by atoms with Crippen LogP contribution in [0.3, 0.4) is 0 Å². The summed E-state index contributed by atoms with van der Waals surface area (Å²) >= 11 is 5.85. The molecular weight excluding hydrogens is 246 g/mol. The van der Waals surface area contributed by atoms with Gasteiger partial charge in [0.1, 0.15) is 5.60 Å². The number of aromatic nitrogens is 1. The molecular formula is C15H16ClNO. The first-order chi connectivity index (χ1) is 8.66. The van der Waals surface area contributed by atoms with E-state index in [1.165, 1.54) is 0 Å². The standard InChI is InChI=1S/C15H16ClNO/c1-12-9-14(11-17-10-12)15(18,7-8-16)13-5-3-2-4-6-13/h2-6,9-11,18H,7-8H2,1H3. The predicted octanol–water partition coefficient (Wildman–Crippen LogP) is 3.25. The van der Waals surface area contributed by atoms with Crippen molar-refractivity contribution in [1.82, 2.24) is 4.98 Å². The molecule has 1 N–H and O–H groups in total. The Morgan fingerprint density at radius 1 is 1.17 bits per heavy atom. The lowest BCUT2D eigenvalue weighted by molar-refractivity contribution is 0.0770. The SMILES string of the molecule is Cc1cncc(C(O)(CCCl)c2ccccc2)c1. The van der Waals surface area contributed by atoms with Crippen molar-refractivity contribution in [1.29, 1.82) is 0 Å². The molecule has 1 aromatic heterocycles. The van der Waals surface area contributed by atoms with E-state index in [0.29, 0.717) is 12.3 Å². The van der Waals surface area contributed by atoms with E-state index in [1.807, 2.05) is 43.3 Å². The normalized spacial score (nSPS) is 14.2. The van der Waals surface area contributed by atoms with Gasteiger partial charge in [0.2, 0.25) is 0 Å². The third kappa shape index (κ3) is 2.55. The fraction of sp³-hybridized carbons (Fsp3) is 0.267. The summed E-state index contributed by atoms with van der Waals surface area (Å²) in [7, 11) is 0. The number of hydrogen-bond donors (Lipinski definition) is 1. The number of halogens is 1. The monoisotopic (exact) mass is 261 g/mol. The molecule has 0 aliphatic heterocycles. The highest BCUT2D eigenvalue weighted by molar-refractivity contribution is 6.17. The molecule has 2 aromatic rings. The average Bonchev–Trinajstić information content (AvgIpc) is 2.40. The fourth-order valence-corrected chi connectivity index (χ4v) is 2.36. The van der Waals surface area contributed by atoms with Gasteiger partial charge in [0, 0.05) is 23.8 Å². The van der Waals surface area contributed by atoms with E-state index in [4.69, 9.17) is 11.6 Å². The van der Waals surface area contributed by atoms with Gasteiger partial charge in [-0.3, -0.25) is 4.98 Å². The van der Waals surface area contributed by atoms with Gasteiger partial charge in [-0.25, -0.2) is 0 Å². The van der Waals surface area contributed by atoms with Crippen molar-refractivity contribution < 1.29 is 5.11 Å². The summed E-state index contributed by atoms with van der Waals surface area (Å²) in [6.45, 7) is 1.96. The summed E-state index contributed by atoms with van der Waals surface area (Å²) in [6, 6.07) is 11.5. The Morgan fingerprint density at radius 3 is 2.50 bits per heavy atom. The van der Waals surface area contributed by atoms with Crippen molar-refractivity contribution in [2.24, 2.45) is 0 Å². The zero-order valence-electron chi connectivity index (χ0n) is 10.3. The summed E-state index contributed by atoms with van der Waals surface area (Å²) < 4.78 is 0. The minimum atomic E-state index is -1.07. The molecule has 1 unspecified atom stereocenters. The molecule has 2 nitrogen and oxygen atoms in total. The van der Waals surface area contributed by atoms with E-state index in [0.717, 1.165) is 16.7 Å². The Morgan fingerprint density at radius 2 is 1.89 bits per heavy atom. The molecule has 18 heavy (non-hydrogen) atoms. The van der Waals surface area contributed by atoms with Crippen molar-refractivity contribution in [2.75, 3.05) is 5.88 Å². The number of alkyl halides is 1. The number of nitrogens with zero attached hydrogens (tertiary/aromatic N) is 1. The van der Waals surface area contributed by atoms with Gasteiger partial charge in [0.15, 0.2) is 0 Å². The second-order valence-corrected chi connectivity index (χ2v) is 4.79. The van der Waals surface area contributed by atoms with E-state index >= 15 is 0 Å². The maximum Gasteiger partial charge on any atom is 0.117 e. The molecule has 0 aliphatic rings. The number of rotatable bonds is 4. The first-order valence-electron chi connectivity index (χ1n) is 5.93. The second-order valence-electron chi connectivity index (χ2n) is 4.42. The Kier molecular flexibility index (Phi) is 4.00. The van der Waals surface area contributed by atoms with Crippen LogP contribution in [0.15, 0.2) is 48.8 Å². The lowest BCUT2D eigenvalue weighted by Gasteiger charge is -2.28. The largest absolute Gasteiger partial charge is 0.380 e. The van der Waals surface area contributed by atoms with Gasteiger partial charge in [-0.05, 0) is 30.5 Å². The fourth-order valence-electron chi connectivity index (χ4n) is 2.09. The maximum atomic E-state index is 11.0. The molecule has 0 saturated heterocycles. The summed E-state index contributed by atoms with van der Waals surface area (Å²) in [6.07, 6.45) is 3.94. The molecule has 0 fully saturated rings. The highest BCUT2D eigenvalue weighted by atomic mass is 35.5. The van der Waals surface area contributed by atoms with E-state index in [9.17, 15) is 5.11 Å². The second kappa shape index (κ2) is 5.51. The predicted molar refractivity (Wildman–Crippen MR) is 73.8 cm³/mol. The minimum Gasteiger partial charge on any atom is -0.380 e. The van der Waals surface area contributed by atoms with Crippen LogP contribution in [-0.4, -0.2) is 16.0 Å². The maximum absolute atomic E-state index is 11.0. The van der Waals surface area contributed by atoms with E-state index in [1.54, 1.807) is 12.4 Å². The zero-order chi connectivity index (χ0) is 13.0. The summed E-state index contributed by atoms with van der Waals surface area (Å²) in [4.78, 5) is 4.15. The lowest BCUT2D eigenvalue weighted by Crippen LogP contribution is -2.28. The van der Waals surface area contributed by atoms with Crippen molar-refractivity contribution in [3.63, 3.8) is 0 Å². The smallest absolute Gasteiger partial charge is 0.117 e. The van der Waals surface area contributed by atoms with Crippen LogP contribution in [0.1, 0.15) is 23.1 Å². The van der Waals surface area contributed by atoms with Crippen LogP contribution >= 0.6 is 11.6 Å². The van der Waals surface area contributed by atoms with Crippen molar-refractivity contribution in [3.8, 4) is 0 Å². The molecule has 0 amide bonds. The Bertz CT molecular complexity index is 515. The van der Waals surface area contributed by atoms with Crippen LogP contribution in [0.4, 0.5) is 0 Å². The molecule has 94 valence electrons. The Labute approximate surface area is 112 Å². The van der Waals surface area contributed by atoms with Crippen LogP contribution in [0.5, 0.6) is 0 Å². The molecule has 0 radical (unpaired) electrons. The molecule has 0 bridgehead atoms. The number of aryl methyl sites for hydroxylation is 1. The average molecular weight is 262 g/mol. The quantitative estimate of drug-likeness (QED) is 0.857. The number of pyridine rings is 1. The number of benzene rings is 1. The lowest BCUT2D eigenvalue weighted by atomic mass is 9.84. The number of aliphatic hydroxyl groups is 1. The molecule has 0 spiro atoms. The van der Waals surface area contributed by atoms with E-state index in [2.05, 4.69) is 4.98 Å². The topological polar surface area (TPSA) is 33.1 Å². The molecule has 2 rings (SSSR count). The van der Waals surface area contributed by atoms with Crippen LogP contribution in [-0.2, 0) is 5.60 Å². The minimum absolute atomic E-state index is 0.388. The van der Waals surface area contributed by atoms with Crippen molar-refractivity contribution in [2.45, 2.75) is 18.9 Å². The first-order valence-corrected chi connectivity index (χ1v) is 6.46. The molecule has 1 atom stereocenters. The summed E-state index contributed by atoms with van der Waals surface area (Å²) in [5.74, 6) is 0.388. The molecule has 1 heterocycles.